The standard InChI is InChI=1S/C42H73N11O12S/c1-22(2)20-29(50-36(58)24(4)47-34(56)23(3)46-32(55)21-45-37(59)27(44)15-19-66-7)40(62)52-17-10-14-31(52)39(61)51-33(26(6)54)41(63)53-18-11-13-30(53)38(60)48-25(5)35(57)49-28(42(64)65)12-8-9-16-43/h22-31,33,54H,8-21,43-44H2,1-7H3,(H,45,59)(H,46,55)(H,47,56)(H,48,60)(H,49,57)(H,50,58)(H,51,61)(H,64,65)/t23-,24-,25-,26+,27-,28-,29-,30-,31-,33-/m0/s1. The maximum Gasteiger partial charge on any atom is 0.326 e. The van der Waals surface area contributed by atoms with Crippen molar-refractivity contribution in [3.63, 3.8) is 0 Å². The van der Waals surface area contributed by atoms with Crippen LogP contribution in [-0.2, 0) is 47.9 Å². The molecular weight excluding hydrogens is 883 g/mol. The first-order valence-electron chi connectivity index (χ1n) is 22.6. The molecule has 23 nitrogen and oxygen atoms in total. The van der Waals surface area contributed by atoms with E-state index in [0.717, 1.165) is 0 Å². The first kappa shape index (κ1) is 57.1. The summed E-state index contributed by atoms with van der Waals surface area (Å²) in [6.45, 7) is 9.30. The number of likely N-dealkylation sites (tertiary alicyclic amines) is 2. The molecule has 374 valence electrons. The molecular formula is C42H73N11O12S. The normalized spacial score (nSPS) is 19.5. The van der Waals surface area contributed by atoms with Gasteiger partial charge in [-0.1, -0.05) is 13.8 Å². The monoisotopic (exact) mass is 956 g/mol. The van der Waals surface area contributed by atoms with Crippen LogP contribution in [0.1, 0.15) is 99.3 Å². The number of carboxylic acid groups (broad SMARTS) is 1. The van der Waals surface area contributed by atoms with Gasteiger partial charge in [0.15, 0.2) is 0 Å². The average molecular weight is 956 g/mol. The molecule has 0 spiro atoms. The third-order valence-corrected chi connectivity index (χ3v) is 11.9. The van der Waals surface area contributed by atoms with Crippen molar-refractivity contribution in [3.8, 4) is 0 Å². The van der Waals surface area contributed by atoms with Gasteiger partial charge in [0.1, 0.15) is 48.3 Å². The summed E-state index contributed by atoms with van der Waals surface area (Å²) in [4.78, 5) is 133. The number of unbranched alkanes of at least 4 members (excludes halogenated alkanes) is 1. The summed E-state index contributed by atoms with van der Waals surface area (Å²) in [6, 6.07) is -10.2. The fraction of sp³-hybridized carbons (Fsp3) is 0.762. The fourth-order valence-electron chi connectivity index (χ4n) is 7.47. The molecule has 0 unspecified atom stereocenters. The van der Waals surface area contributed by atoms with Gasteiger partial charge in [-0.3, -0.25) is 43.2 Å². The molecule has 10 atom stereocenters. The van der Waals surface area contributed by atoms with Crippen LogP contribution < -0.4 is 48.7 Å². The summed E-state index contributed by atoms with van der Waals surface area (Å²) in [5, 5.41) is 37.9. The quantitative estimate of drug-likeness (QED) is 0.0361. The Morgan fingerprint density at radius 3 is 1.71 bits per heavy atom. The van der Waals surface area contributed by atoms with Crippen LogP contribution in [0.5, 0.6) is 0 Å². The van der Waals surface area contributed by atoms with Gasteiger partial charge in [-0.25, -0.2) is 4.79 Å². The van der Waals surface area contributed by atoms with Crippen molar-refractivity contribution < 1.29 is 58.2 Å². The van der Waals surface area contributed by atoms with E-state index in [2.05, 4.69) is 37.2 Å². The lowest BCUT2D eigenvalue weighted by Gasteiger charge is -2.33. The van der Waals surface area contributed by atoms with E-state index >= 15 is 0 Å². The maximum absolute atomic E-state index is 14.1. The molecule has 24 heteroatoms. The van der Waals surface area contributed by atoms with E-state index in [4.69, 9.17) is 11.5 Å². The van der Waals surface area contributed by atoms with Gasteiger partial charge >= 0.3 is 5.97 Å². The number of carboxylic acids is 1. The third-order valence-electron chi connectivity index (χ3n) is 11.3. The van der Waals surface area contributed by atoms with E-state index in [9.17, 15) is 58.2 Å². The molecule has 2 saturated heterocycles. The number of hydrogen-bond acceptors (Lipinski definition) is 14. The lowest BCUT2D eigenvalue weighted by Crippen LogP contribution is -2.61. The number of nitrogens with zero attached hydrogens (tertiary/aromatic N) is 2. The Labute approximate surface area is 390 Å². The third kappa shape index (κ3) is 18.0. The molecule has 2 heterocycles. The zero-order valence-electron chi connectivity index (χ0n) is 39.2. The molecule has 9 amide bonds. The molecule has 0 aromatic heterocycles. The summed E-state index contributed by atoms with van der Waals surface area (Å²) in [5.41, 5.74) is 11.3. The highest BCUT2D eigenvalue weighted by molar-refractivity contribution is 7.98. The van der Waals surface area contributed by atoms with Crippen LogP contribution in [0.15, 0.2) is 0 Å². The molecule has 0 aromatic carbocycles. The number of rotatable bonds is 27. The molecule has 66 heavy (non-hydrogen) atoms. The van der Waals surface area contributed by atoms with Crippen molar-refractivity contribution in [1.82, 2.24) is 47.0 Å². The maximum atomic E-state index is 14.1. The van der Waals surface area contributed by atoms with E-state index in [-0.39, 0.29) is 44.7 Å². The molecule has 2 rings (SSSR count). The largest absolute Gasteiger partial charge is 0.480 e. The summed E-state index contributed by atoms with van der Waals surface area (Å²) < 4.78 is 0. The number of aliphatic hydroxyl groups is 1. The Hall–Kier alpha value is -5.07. The number of nitrogens with two attached hydrogens (primary N) is 2. The minimum atomic E-state index is -1.52. The number of hydrogen-bond donors (Lipinski definition) is 11. The van der Waals surface area contributed by atoms with Gasteiger partial charge in [-0.15, -0.1) is 0 Å². The Morgan fingerprint density at radius 2 is 1.18 bits per heavy atom. The first-order chi connectivity index (χ1) is 31.0. The topological polar surface area (TPSA) is 354 Å². The Kier molecular flexibility index (Phi) is 24.4. The molecule has 2 fully saturated rings. The first-order valence-corrected chi connectivity index (χ1v) is 24.0. The Morgan fingerprint density at radius 1 is 0.667 bits per heavy atom. The highest BCUT2D eigenvalue weighted by atomic mass is 32.2. The molecule has 0 aromatic rings. The van der Waals surface area contributed by atoms with E-state index in [0.29, 0.717) is 44.4 Å². The highest BCUT2D eigenvalue weighted by Gasteiger charge is 2.43. The van der Waals surface area contributed by atoms with Gasteiger partial charge in [0.25, 0.3) is 0 Å². The van der Waals surface area contributed by atoms with Gasteiger partial charge in [0, 0.05) is 13.1 Å². The number of aliphatic carboxylic acids is 1. The second-order valence-corrected chi connectivity index (χ2v) is 18.3. The van der Waals surface area contributed by atoms with Gasteiger partial charge < -0.3 is 68.7 Å². The molecule has 0 saturated carbocycles. The van der Waals surface area contributed by atoms with E-state index in [1.165, 1.54) is 49.3 Å². The van der Waals surface area contributed by atoms with Crippen LogP contribution in [0.3, 0.4) is 0 Å². The smallest absolute Gasteiger partial charge is 0.326 e. The zero-order valence-corrected chi connectivity index (χ0v) is 40.0. The number of aliphatic hydroxyl groups excluding tert-OH is 1. The second-order valence-electron chi connectivity index (χ2n) is 17.3. The van der Waals surface area contributed by atoms with Crippen molar-refractivity contribution in [2.75, 3.05) is 38.2 Å². The number of amides is 9. The van der Waals surface area contributed by atoms with Crippen molar-refractivity contribution in [2.24, 2.45) is 17.4 Å². The Bertz CT molecular complexity index is 1720. The highest BCUT2D eigenvalue weighted by Crippen LogP contribution is 2.23. The fourth-order valence-corrected chi connectivity index (χ4v) is 7.96. The lowest BCUT2D eigenvalue weighted by atomic mass is 10.0. The summed E-state index contributed by atoms with van der Waals surface area (Å²) in [7, 11) is 0. The second kappa shape index (κ2) is 28.2. The molecule has 2 aliphatic heterocycles. The lowest BCUT2D eigenvalue weighted by molar-refractivity contribution is -0.146. The van der Waals surface area contributed by atoms with Crippen LogP contribution in [-0.4, -0.2) is 178 Å². The molecule has 13 N–H and O–H groups in total. The van der Waals surface area contributed by atoms with Crippen LogP contribution in [0, 0.1) is 5.92 Å². The zero-order chi connectivity index (χ0) is 49.8. The van der Waals surface area contributed by atoms with Gasteiger partial charge in [-0.2, -0.15) is 11.8 Å². The van der Waals surface area contributed by atoms with Crippen LogP contribution in [0.2, 0.25) is 0 Å². The van der Waals surface area contributed by atoms with Gasteiger partial charge in [-0.05, 0) is 110 Å². The van der Waals surface area contributed by atoms with Gasteiger partial charge in [0.2, 0.25) is 53.2 Å². The predicted octanol–water partition coefficient (Wildman–Crippen LogP) is -3.23. The SMILES string of the molecule is CSCC[C@H](N)C(=O)NCC(=O)N[C@@H](C)C(=O)N[C@@H](C)C(=O)N[C@@H](CC(C)C)C(=O)N1CCC[C@H]1C(=O)N[C@H](C(=O)N1CCC[C@H]1C(=O)N[C@@H](C)C(=O)N[C@@H](CCCCN)C(=O)O)[C@@H](C)O. The van der Waals surface area contributed by atoms with Crippen LogP contribution in [0.4, 0.5) is 0 Å². The number of carbonyl (C=O) groups is 10. The van der Waals surface area contributed by atoms with Crippen LogP contribution in [0.25, 0.3) is 0 Å². The summed E-state index contributed by atoms with van der Waals surface area (Å²) >= 11 is 1.53. The van der Waals surface area contributed by atoms with E-state index < -0.39 is 126 Å². The van der Waals surface area contributed by atoms with Crippen LogP contribution >= 0.6 is 11.8 Å². The van der Waals surface area contributed by atoms with Crippen molar-refractivity contribution in [3.05, 3.63) is 0 Å². The van der Waals surface area contributed by atoms with E-state index in [1.807, 2.05) is 20.1 Å². The molecule has 0 bridgehead atoms. The minimum absolute atomic E-state index is 0.101. The predicted molar refractivity (Wildman–Crippen MR) is 244 cm³/mol. The van der Waals surface area contributed by atoms with Crippen molar-refractivity contribution in [2.45, 2.75) is 160 Å². The molecule has 0 radical (unpaired) electrons. The minimum Gasteiger partial charge on any atom is -0.480 e. The summed E-state index contributed by atoms with van der Waals surface area (Å²) in [6.07, 6.45) is 3.42. The Balaban J connectivity index is 2.07. The number of thioether (sulfide) groups is 1. The molecule has 0 aliphatic carbocycles. The van der Waals surface area contributed by atoms with Gasteiger partial charge in [0.05, 0.1) is 18.7 Å². The number of carbonyl (C=O) groups excluding carboxylic acids is 9. The average Bonchev–Trinajstić information content (AvgIpc) is 3.96. The van der Waals surface area contributed by atoms with Crippen molar-refractivity contribution in [1.29, 1.82) is 0 Å². The van der Waals surface area contributed by atoms with E-state index in [1.54, 1.807) is 0 Å². The molecule has 2 aliphatic rings. The van der Waals surface area contributed by atoms with Crippen molar-refractivity contribution >= 4 is 70.9 Å². The number of nitrogens with one attached hydrogen (secondary N) is 7. The summed E-state index contributed by atoms with van der Waals surface area (Å²) in [5.74, 6) is -6.78.